The van der Waals surface area contributed by atoms with Gasteiger partial charge in [-0.1, -0.05) is 42.5 Å². The largest absolute Gasteiger partial charge is 0.489 e. The molecule has 3 aromatic rings. The summed E-state index contributed by atoms with van der Waals surface area (Å²) in [7, 11) is 0. The summed E-state index contributed by atoms with van der Waals surface area (Å²) in [6.07, 6.45) is 1.70. The highest BCUT2D eigenvalue weighted by Crippen LogP contribution is 2.16. The van der Waals surface area contributed by atoms with Gasteiger partial charge in [0.1, 0.15) is 18.1 Å². The van der Waals surface area contributed by atoms with Gasteiger partial charge in [0.15, 0.2) is 0 Å². The second-order valence-corrected chi connectivity index (χ2v) is 5.54. The van der Waals surface area contributed by atoms with E-state index in [0.29, 0.717) is 6.61 Å². The second-order valence-electron chi connectivity index (χ2n) is 5.54. The van der Waals surface area contributed by atoms with E-state index in [4.69, 9.17) is 9.15 Å². The molecule has 3 heteroatoms. The third-order valence-corrected chi connectivity index (χ3v) is 3.75. The van der Waals surface area contributed by atoms with Gasteiger partial charge in [-0.3, -0.25) is 0 Å². The quantitative estimate of drug-likeness (QED) is 0.686. The van der Waals surface area contributed by atoms with Crippen LogP contribution >= 0.6 is 0 Å². The predicted octanol–water partition coefficient (Wildman–Crippen LogP) is 4.71. The molecule has 0 spiro atoms. The number of hydrogen-bond acceptors (Lipinski definition) is 3. The molecule has 0 aliphatic carbocycles. The molecule has 1 atom stereocenters. The lowest BCUT2D eigenvalue weighted by molar-refractivity contribution is 0.306. The Kier molecular flexibility index (Phi) is 5.12. The van der Waals surface area contributed by atoms with Crippen molar-refractivity contribution >= 4 is 0 Å². The van der Waals surface area contributed by atoms with Crippen LogP contribution in [0.3, 0.4) is 0 Å². The van der Waals surface area contributed by atoms with Crippen molar-refractivity contribution in [3.05, 3.63) is 89.9 Å². The van der Waals surface area contributed by atoms with Gasteiger partial charge in [-0.2, -0.15) is 0 Å². The molecule has 23 heavy (non-hydrogen) atoms. The van der Waals surface area contributed by atoms with Crippen molar-refractivity contribution in [3.63, 3.8) is 0 Å². The number of rotatable bonds is 7. The van der Waals surface area contributed by atoms with Crippen LogP contribution in [0.2, 0.25) is 0 Å². The highest BCUT2D eigenvalue weighted by Gasteiger charge is 2.07. The number of ether oxygens (including phenoxy) is 1. The molecular formula is C20H21NO2. The van der Waals surface area contributed by atoms with E-state index in [-0.39, 0.29) is 6.04 Å². The molecule has 0 aliphatic heterocycles. The highest BCUT2D eigenvalue weighted by atomic mass is 16.5. The van der Waals surface area contributed by atoms with E-state index in [1.807, 2.05) is 42.5 Å². The van der Waals surface area contributed by atoms with Crippen LogP contribution in [0, 0.1) is 0 Å². The first-order valence-electron chi connectivity index (χ1n) is 7.84. The maximum absolute atomic E-state index is 5.80. The van der Waals surface area contributed by atoms with Crippen LogP contribution in [0.25, 0.3) is 0 Å². The normalized spacial score (nSPS) is 12.0. The molecule has 0 saturated heterocycles. The SMILES string of the molecule is C[C@H](NCc1ccc(OCc2ccccc2)cc1)c1ccco1. The third kappa shape index (κ3) is 4.47. The van der Waals surface area contributed by atoms with Gasteiger partial charge >= 0.3 is 0 Å². The number of furan rings is 1. The van der Waals surface area contributed by atoms with Crippen LogP contribution in [0.15, 0.2) is 77.4 Å². The summed E-state index contributed by atoms with van der Waals surface area (Å²) in [6, 6.07) is 22.5. The molecule has 0 amide bonds. The molecule has 2 aromatic carbocycles. The molecule has 0 unspecified atom stereocenters. The fourth-order valence-corrected chi connectivity index (χ4v) is 2.35. The summed E-state index contributed by atoms with van der Waals surface area (Å²) in [5, 5.41) is 3.44. The van der Waals surface area contributed by atoms with Gasteiger partial charge in [0, 0.05) is 6.54 Å². The Morgan fingerprint density at radius 1 is 0.913 bits per heavy atom. The third-order valence-electron chi connectivity index (χ3n) is 3.75. The molecule has 0 bridgehead atoms. The van der Waals surface area contributed by atoms with Gasteiger partial charge < -0.3 is 14.5 Å². The Hall–Kier alpha value is -2.52. The molecular weight excluding hydrogens is 286 g/mol. The molecule has 1 heterocycles. The van der Waals surface area contributed by atoms with Gasteiger partial charge in [-0.15, -0.1) is 0 Å². The van der Waals surface area contributed by atoms with Crippen molar-refractivity contribution in [2.45, 2.75) is 26.1 Å². The monoisotopic (exact) mass is 307 g/mol. The van der Waals surface area contributed by atoms with Crippen molar-refractivity contribution < 1.29 is 9.15 Å². The molecule has 3 nitrogen and oxygen atoms in total. The zero-order valence-corrected chi connectivity index (χ0v) is 13.2. The van der Waals surface area contributed by atoms with E-state index >= 15 is 0 Å². The minimum atomic E-state index is 0.194. The van der Waals surface area contributed by atoms with E-state index in [1.165, 1.54) is 11.1 Å². The van der Waals surface area contributed by atoms with E-state index in [0.717, 1.165) is 18.1 Å². The molecule has 0 radical (unpaired) electrons. The average molecular weight is 307 g/mol. The Balaban J connectivity index is 1.49. The topological polar surface area (TPSA) is 34.4 Å². The van der Waals surface area contributed by atoms with Crippen molar-refractivity contribution in [2.24, 2.45) is 0 Å². The number of benzene rings is 2. The number of hydrogen-bond donors (Lipinski definition) is 1. The Morgan fingerprint density at radius 2 is 1.70 bits per heavy atom. The van der Waals surface area contributed by atoms with Crippen molar-refractivity contribution in [3.8, 4) is 5.75 Å². The fraction of sp³-hybridized carbons (Fsp3) is 0.200. The Labute approximate surface area is 136 Å². The van der Waals surface area contributed by atoms with Crippen LogP contribution in [0.4, 0.5) is 0 Å². The van der Waals surface area contributed by atoms with E-state index in [1.54, 1.807) is 6.26 Å². The van der Waals surface area contributed by atoms with Gasteiger partial charge in [-0.05, 0) is 42.3 Å². The Morgan fingerprint density at radius 3 is 2.39 bits per heavy atom. The van der Waals surface area contributed by atoms with Crippen LogP contribution in [-0.2, 0) is 13.2 Å². The van der Waals surface area contributed by atoms with Gasteiger partial charge in [0.2, 0.25) is 0 Å². The zero-order valence-electron chi connectivity index (χ0n) is 13.2. The Bertz CT molecular complexity index is 690. The maximum atomic E-state index is 5.80. The molecule has 118 valence electrons. The van der Waals surface area contributed by atoms with Crippen molar-refractivity contribution in [1.29, 1.82) is 0 Å². The predicted molar refractivity (Wildman–Crippen MR) is 91.2 cm³/mol. The molecule has 0 fully saturated rings. The first-order chi connectivity index (χ1) is 11.3. The lowest BCUT2D eigenvalue weighted by Gasteiger charge is -2.12. The van der Waals surface area contributed by atoms with Crippen molar-refractivity contribution in [1.82, 2.24) is 5.32 Å². The average Bonchev–Trinajstić information content (AvgIpc) is 3.14. The van der Waals surface area contributed by atoms with Crippen LogP contribution in [0.1, 0.15) is 29.9 Å². The lowest BCUT2D eigenvalue weighted by atomic mass is 10.2. The van der Waals surface area contributed by atoms with E-state index in [2.05, 4.69) is 36.5 Å². The van der Waals surface area contributed by atoms with Gasteiger partial charge in [0.05, 0.1) is 12.3 Å². The first kappa shape index (κ1) is 15.4. The summed E-state index contributed by atoms with van der Waals surface area (Å²) >= 11 is 0. The van der Waals surface area contributed by atoms with Crippen LogP contribution < -0.4 is 10.1 Å². The highest BCUT2D eigenvalue weighted by molar-refractivity contribution is 5.28. The first-order valence-corrected chi connectivity index (χ1v) is 7.84. The number of nitrogens with one attached hydrogen (secondary N) is 1. The standard InChI is InChI=1S/C20H21NO2/c1-16(20-8-5-13-22-20)21-14-17-9-11-19(12-10-17)23-15-18-6-3-2-4-7-18/h2-13,16,21H,14-15H2,1H3/t16-/m0/s1. The minimum Gasteiger partial charge on any atom is -0.489 e. The molecule has 1 N–H and O–H groups in total. The zero-order chi connectivity index (χ0) is 15.9. The van der Waals surface area contributed by atoms with Crippen LogP contribution in [-0.4, -0.2) is 0 Å². The van der Waals surface area contributed by atoms with Crippen LogP contribution in [0.5, 0.6) is 5.75 Å². The fourth-order valence-electron chi connectivity index (χ4n) is 2.35. The molecule has 0 saturated carbocycles. The van der Waals surface area contributed by atoms with Crippen molar-refractivity contribution in [2.75, 3.05) is 0 Å². The maximum Gasteiger partial charge on any atom is 0.120 e. The van der Waals surface area contributed by atoms with E-state index in [9.17, 15) is 0 Å². The summed E-state index contributed by atoms with van der Waals surface area (Å²) < 4.78 is 11.2. The van der Waals surface area contributed by atoms with E-state index < -0.39 is 0 Å². The summed E-state index contributed by atoms with van der Waals surface area (Å²) in [6.45, 7) is 3.48. The minimum absolute atomic E-state index is 0.194. The van der Waals surface area contributed by atoms with Gasteiger partial charge in [0.25, 0.3) is 0 Å². The molecule has 1 aromatic heterocycles. The summed E-state index contributed by atoms with van der Waals surface area (Å²) in [5.41, 5.74) is 2.39. The molecule has 3 rings (SSSR count). The summed E-state index contributed by atoms with van der Waals surface area (Å²) in [5.74, 6) is 1.84. The lowest BCUT2D eigenvalue weighted by Crippen LogP contribution is -2.17. The second kappa shape index (κ2) is 7.65. The summed E-state index contributed by atoms with van der Waals surface area (Å²) in [4.78, 5) is 0. The van der Waals surface area contributed by atoms with Gasteiger partial charge in [-0.25, -0.2) is 0 Å². The smallest absolute Gasteiger partial charge is 0.120 e. The molecule has 0 aliphatic rings.